The molecule has 0 heterocycles. The van der Waals surface area contributed by atoms with Crippen LogP contribution in [0.2, 0.25) is 0 Å². The van der Waals surface area contributed by atoms with E-state index in [2.05, 4.69) is 11.8 Å². The number of unbranched alkanes of at least 4 members (excludes halogenated alkanes) is 1. The van der Waals surface area contributed by atoms with Gasteiger partial charge in [0.05, 0.1) is 5.56 Å². The van der Waals surface area contributed by atoms with E-state index in [-0.39, 0.29) is 10.6 Å². The van der Waals surface area contributed by atoms with Crippen molar-refractivity contribution in [2.45, 2.75) is 44.8 Å². The number of anilines is 1. The quantitative estimate of drug-likeness (QED) is 0.801. The Kier molecular flexibility index (Phi) is 4.76. The molecule has 1 aliphatic rings. The van der Waals surface area contributed by atoms with E-state index in [0.717, 1.165) is 44.0 Å². The molecule has 21 heavy (non-hydrogen) atoms. The van der Waals surface area contributed by atoms with Gasteiger partial charge in [0.1, 0.15) is 4.99 Å². The van der Waals surface area contributed by atoms with Crippen molar-refractivity contribution in [3.8, 4) is 0 Å². The highest BCUT2D eigenvalue weighted by Crippen LogP contribution is 2.37. The molecule has 0 saturated heterocycles. The lowest BCUT2D eigenvalue weighted by molar-refractivity contribution is -0.137. The van der Waals surface area contributed by atoms with Crippen LogP contribution in [0.3, 0.4) is 0 Å². The molecule has 0 atom stereocenters. The van der Waals surface area contributed by atoms with Crippen LogP contribution in [-0.4, -0.2) is 17.6 Å². The van der Waals surface area contributed by atoms with Crippen molar-refractivity contribution >= 4 is 22.9 Å². The van der Waals surface area contributed by atoms with E-state index in [1.54, 1.807) is 0 Å². The van der Waals surface area contributed by atoms with Gasteiger partial charge in [-0.3, -0.25) is 0 Å². The lowest BCUT2D eigenvalue weighted by Crippen LogP contribution is -2.28. The summed E-state index contributed by atoms with van der Waals surface area (Å²) >= 11 is 4.79. The standard InChI is InChI=1S/C15H19F3N2S/c1-2-3-8-20(10-4-5-10)11-6-7-13(15(16,17)18)12(9-11)14(19)21/h6-7,9-10H,2-5,8H2,1H3,(H2,19,21). The number of nitrogens with zero attached hydrogens (tertiary/aromatic N) is 1. The first kappa shape index (κ1) is 16.1. The van der Waals surface area contributed by atoms with Crippen molar-refractivity contribution < 1.29 is 13.2 Å². The highest BCUT2D eigenvalue weighted by atomic mass is 32.1. The third-order valence-electron chi connectivity index (χ3n) is 3.65. The average Bonchev–Trinajstić information content (AvgIpc) is 3.22. The zero-order chi connectivity index (χ0) is 15.6. The molecular formula is C15H19F3N2S. The molecular weight excluding hydrogens is 297 g/mol. The molecule has 0 radical (unpaired) electrons. The summed E-state index contributed by atoms with van der Waals surface area (Å²) in [6, 6.07) is 4.54. The van der Waals surface area contributed by atoms with Crippen LogP contribution in [-0.2, 0) is 6.18 Å². The Morgan fingerprint density at radius 2 is 2.05 bits per heavy atom. The molecule has 0 bridgehead atoms. The second-order valence-electron chi connectivity index (χ2n) is 5.37. The zero-order valence-electron chi connectivity index (χ0n) is 11.9. The summed E-state index contributed by atoms with van der Waals surface area (Å²) < 4.78 is 39.0. The van der Waals surface area contributed by atoms with Crippen LogP contribution in [0.15, 0.2) is 18.2 Å². The van der Waals surface area contributed by atoms with Gasteiger partial charge in [-0.2, -0.15) is 13.2 Å². The Morgan fingerprint density at radius 1 is 1.38 bits per heavy atom. The summed E-state index contributed by atoms with van der Waals surface area (Å²) in [6.07, 6.45) is -0.197. The Morgan fingerprint density at radius 3 is 2.52 bits per heavy atom. The maximum atomic E-state index is 13.0. The van der Waals surface area contributed by atoms with E-state index in [1.165, 1.54) is 12.1 Å². The number of halogens is 3. The highest BCUT2D eigenvalue weighted by molar-refractivity contribution is 7.80. The van der Waals surface area contributed by atoms with Crippen molar-refractivity contribution in [1.29, 1.82) is 0 Å². The summed E-state index contributed by atoms with van der Waals surface area (Å²) in [5.74, 6) is 0. The molecule has 1 aromatic rings. The van der Waals surface area contributed by atoms with Crippen molar-refractivity contribution in [2.24, 2.45) is 5.73 Å². The smallest absolute Gasteiger partial charge is 0.389 e. The van der Waals surface area contributed by atoms with Gasteiger partial charge >= 0.3 is 6.18 Å². The predicted octanol–water partition coefficient (Wildman–Crippen LogP) is 4.11. The summed E-state index contributed by atoms with van der Waals surface area (Å²) in [6.45, 7) is 2.95. The molecule has 0 spiro atoms. The van der Waals surface area contributed by atoms with E-state index in [4.69, 9.17) is 18.0 Å². The number of alkyl halides is 3. The molecule has 2 nitrogen and oxygen atoms in total. The van der Waals surface area contributed by atoms with Gasteiger partial charge < -0.3 is 10.6 Å². The molecule has 1 aromatic carbocycles. The molecule has 2 N–H and O–H groups in total. The number of hydrogen-bond acceptors (Lipinski definition) is 2. The normalized spacial score (nSPS) is 15.0. The predicted molar refractivity (Wildman–Crippen MR) is 82.6 cm³/mol. The van der Waals surface area contributed by atoms with Gasteiger partial charge in [0.2, 0.25) is 0 Å². The molecule has 6 heteroatoms. The first-order valence-electron chi connectivity index (χ1n) is 7.12. The van der Waals surface area contributed by atoms with E-state index in [1.807, 2.05) is 0 Å². The van der Waals surface area contributed by atoms with Crippen molar-refractivity contribution in [2.75, 3.05) is 11.4 Å². The summed E-state index contributed by atoms with van der Waals surface area (Å²) in [5.41, 5.74) is 5.42. The number of thiocarbonyl (C=S) groups is 1. The maximum Gasteiger partial charge on any atom is 0.417 e. The van der Waals surface area contributed by atoms with E-state index >= 15 is 0 Å². The molecule has 0 amide bonds. The molecule has 1 saturated carbocycles. The van der Waals surface area contributed by atoms with Crippen LogP contribution >= 0.6 is 12.2 Å². The SMILES string of the molecule is CCCCN(c1ccc(C(F)(F)F)c(C(N)=S)c1)C1CC1. The molecule has 0 unspecified atom stereocenters. The van der Waals surface area contributed by atoms with E-state index < -0.39 is 11.7 Å². The Balaban J connectivity index is 2.36. The van der Waals surface area contributed by atoms with Gasteiger partial charge in [0.15, 0.2) is 0 Å². The minimum absolute atomic E-state index is 0.0860. The van der Waals surface area contributed by atoms with Crippen molar-refractivity contribution in [3.05, 3.63) is 29.3 Å². The lowest BCUT2D eigenvalue weighted by atomic mass is 10.1. The number of nitrogens with two attached hydrogens (primary N) is 1. The largest absolute Gasteiger partial charge is 0.417 e. The van der Waals surface area contributed by atoms with E-state index in [9.17, 15) is 13.2 Å². The highest BCUT2D eigenvalue weighted by Gasteiger charge is 2.35. The van der Waals surface area contributed by atoms with Crippen molar-refractivity contribution in [3.63, 3.8) is 0 Å². The number of hydrogen-bond donors (Lipinski definition) is 1. The van der Waals surface area contributed by atoms with Gasteiger partial charge in [-0.15, -0.1) is 0 Å². The van der Waals surface area contributed by atoms with Crippen LogP contribution in [0.5, 0.6) is 0 Å². The molecule has 1 fully saturated rings. The fourth-order valence-electron chi connectivity index (χ4n) is 2.40. The fraction of sp³-hybridized carbons (Fsp3) is 0.533. The van der Waals surface area contributed by atoms with Crippen LogP contribution in [0.1, 0.15) is 43.7 Å². The second kappa shape index (κ2) is 6.22. The fourth-order valence-corrected chi connectivity index (χ4v) is 2.57. The molecule has 0 aliphatic heterocycles. The Labute approximate surface area is 128 Å². The summed E-state index contributed by atoms with van der Waals surface area (Å²) in [7, 11) is 0. The minimum Gasteiger partial charge on any atom is -0.389 e. The van der Waals surface area contributed by atoms with Gasteiger partial charge in [-0.1, -0.05) is 25.6 Å². The van der Waals surface area contributed by atoms with Crippen LogP contribution in [0.25, 0.3) is 0 Å². The summed E-state index contributed by atoms with van der Waals surface area (Å²) in [5, 5.41) is 0. The number of rotatable bonds is 6. The molecule has 1 aliphatic carbocycles. The minimum atomic E-state index is -4.44. The monoisotopic (exact) mass is 316 g/mol. The molecule has 0 aromatic heterocycles. The average molecular weight is 316 g/mol. The first-order chi connectivity index (χ1) is 9.84. The topological polar surface area (TPSA) is 29.3 Å². The van der Waals surface area contributed by atoms with E-state index in [0.29, 0.717) is 6.04 Å². The van der Waals surface area contributed by atoms with Gasteiger partial charge in [0, 0.05) is 23.8 Å². The van der Waals surface area contributed by atoms with Gasteiger partial charge in [0.25, 0.3) is 0 Å². The first-order valence-corrected chi connectivity index (χ1v) is 7.53. The van der Waals surface area contributed by atoms with Crippen molar-refractivity contribution in [1.82, 2.24) is 0 Å². The Hall–Kier alpha value is -1.30. The Bertz CT molecular complexity index is 524. The van der Waals surface area contributed by atoms with Gasteiger partial charge in [-0.05, 0) is 37.5 Å². The lowest BCUT2D eigenvalue weighted by Gasteiger charge is -2.26. The summed E-state index contributed by atoms with van der Waals surface area (Å²) in [4.78, 5) is 1.96. The van der Waals surface area contributed by atoms with Crippen LogP contribution in [0, 0.1) is 0 Å². The third kappa shape index (κ3) is 3.87. The molecule has 116 valence electrons. The number of benzene rings is 1. The third-order valence-corrected chi connectivity index (χ3v) is 3.87. The maximum absolute atomic E-state index is 13.0. The van der Waals surface area contributed by atoms with Gasteiger partial charge in [-0.25, -0.2) is 0 Å². The zero-order valence-corrected chi connectivity index (χ0v) is 12.7. The van der Waals surface area contributed by atoms with Crippen LogP contribution in [0.4, 0.5) is 18.9 Å². The second-order valence-corrected chi connectivity index (χ2v) is 5.81. The molecule has 2 rings (SSSR count). The van der Waals surface area contributed by atoms with Crippen LogP contribution < -0.4 is 10.6 Å².